The van der Waals surface area contributed by atoms with Crippen molar-refractivity contribution in [1.82, 2.24) is 15.3 Å². The minimum Gasteiger partial charge on any atom is -0.361 e. The van der Waals surface area contributed by atoms with Crippen molar-refractivity contribution < 1.29 is 4.79 Å². The van der Waals surface area contributed by atoms with Gasteiger partial charge in [-0.2, -0.15) is 0 Å². The van der Waals surface area contributed by atoms with E-state index in [1.807, 2.05) is 50.5 Å². The monoisotopic (exact) mass is 285 g/mol. The summed E-state index contributed by atoms with van der Waals surface area (Å²) in [5.74, 6) is -0.0816. The molecule has 0 bridgehead atoms. The van der Waals surface area contributed by atoms with Gasteiger partial charge in [0.1, 0.15) is 5.01 Å². The molecule has 102 valence electrons. The number of H-pyrrole nitrogens is 1. The van der Waals surface area contributed by atoms with E-state index >= 15 is 0 Å². The lowest BCUT2D eigenvalue weighted by Crippen LogP contribution is -2.26. The molecule has 2 heterocycles. The standard InChI is InChI=1S/C15H15N3OS/c1-9-8-17-15(20-9)10(2)18-14(19)12-4-3-11-5-6-16-13(11)7-12/h3-8,10,16H,1-2H3,(H,18,19). The lowest BCUT2D eigenvalue weighted by molar-refractivity contribution is 0.0940. The molecular formula is C15H15N3OS. The number of thiazole rings is 1. The van der Waals surface area contributed by atoms with Gasteiger partial charge in [-0.1, -0.05) is 6.07 Å². The molecule has 0 saturated carbocycles. The maximum absolute atomic E-state index is 12.3. The van der Waals surface area contributed by atoms with Crippen molar-refractivity contribution >= 4 is 28.1 Å². The summed E-state index contributed by atoms with van der Waals surface area (Å²) in [7, 11) is 0. The first-order chi connectivity index (χ1) is 9.63. The number of benzene rings is 1. The molecule has 4 nitrogen and oxygen atoms in total. The summed E-state index contributed by atoms with van der Waals surface area (Å²) in [5.41, 5.74) is 1.62. The number of aromatic nitrogens is 2. The molecule has 20 heavy (non-hydrogen) atoms. The van der Waals surface area contributed by atoms with Crippen LogP contribution in [0.2, 0.25) is 0 Å². The van der Waals surface area contributed by atoms with E-state index in [1.54, 1.807) is 11.3 Å². The van der Waals surface area contributed by atoms with Crippen LogP contribution in [0.25, 0.3) is 10.9 Å². The maximum atomic E-state index is 12.3. The fourth-order valence-electron chi connectivity index (χ4n) is 2.10. The molecule has 0 radical (unpaired) electrons. The average molecular weight is 285 g/mol. The zero-order chi connectivity index (χ0) is 14.1. The maximum Gasteiger partial charge on any atom is 0.251 e. The van der Waals surface area contributed by atoms with Crippen molar-refractivity contribution in [1.29, 1.82) is 0 Å². The van der Waals surface area contributed by atoms with Crippen LogP contribution in [0.3, 0.4) is 0 Å². The van der Waals surface area contributed by atoms with Crippen molar-refractivity contribution in [3.05, 3.63) is 52.1 Å². The first-order valence-electron chi connectivity index (χ1n) is 6.44. The molecule has 0 saturated heterocycles. The number of aryl methyl sites for hydroxylation is 1. The average Bonchev–Trinajstić information content (AvgIpc) is 3.05. The fourth-order valence-corrected chi connectivity index (χ4v) is 2.88. The molecule has 0 fully saturated rings. The Morgan fingerprint density at radius 1 is 1.40 bits per heavy atom. The molecule has 0 spiro atoms. The lowest BCUT2D eigenvalue weighted by atomic mass is 10.1. The zero-order valence-electron chi connectivity index (χ0n) is 11.3. The first-order valence-corrected chi connectivity index (χ1v) is 7.25. The highest BCUT2D eigenvalue weighted by molar-refractivity contribution is 7.11. The van der Waals surface area contributed by atoms with Crippen LogP contribution in [0, 0.1) is 6.92 Å². The Morgan fingerprint density at radius 2 is 2.25 bits per heavy atom. The summed E-state index contributed by atoms with van der Waals surface area (Å²) in [6, 6.07) is 7.55. The van der Waals surface area contributed by atoms with Crippen molar-refractivity contribution in [2.75, 3.05) is 0 Å². The van der Waals surface area contributed by atoms with E-state index < -0.39 is 0 Å². The summed E-state index contributed by atoms with van der Waals surface area (Å²) in [6.07, 6.45) is 3.70. The Kier molecular flexibility index (Phi) is 3.28. The molecule has 1 atom stereocenters. The van der Waals surface area contributed by atoms with Gasteiger partial charge in [0, 0.05) is 28.4 Å². The van der Waals surface area contributed by atoms with Crippen LogP contribution in [-0.2, 0) is 0 Å². The van der Waals surface area contributed by atoms with E-state index in [0.29, 0.717) is 5.56 Å². The molecule has 3 rings (SSSR count). The fraction of sp³-hybridized carbons (Fsp3) is 0.200. The van der Waals surface area contributed by atoms with Gasteiger partial charge in [0.05, 0.1) is 6.04 Å². The van der Waals surface area contributed by atoms with Crippen molar-refractivity contribution in [3.8, 4) is 0 Å². The summed E-state index contributed by atoms with van der Waals surface area (Å²) >= 11 is 1.60. The quantitative estimate of drug-likeness (QED) is 0.774. The van der Waals surface area contributed by atoms with Crippen LogP contribution in [0.5, 0.6) is 0 Å². The zero-order valence-corrected chi connectivity index (χ0v) is 12.1. The van der Waals surface area contributed by atoms with Crippen LogP contribution in [0.1, 0.15) is 33.2 Å². The van der Waals surface area contributed by atoms with E-state index in [2.05, 4.69) is 15.3 Å². The van der Waals surface area contributed by atoms with E-state index in [4.69, 9.17) is 0 Å². The smallest absolute Gasteiger partial charge is 0.251 e. The molecule has 2 aromatic heterocycles. The van der Waals surface area contributed by atoms with Crippen molar-refractivity contribution in [2.24, 2.45) is 0 Å². The van der Waals surface area contributed by atoms with Crippen LogP contribution in [0.4, 0.5) is 0 Å². The van der Waals surface area contributed by atoms with Gasteiger partial charge in [-0.05, 0) is 37.4 Å². The van der Waals surface area contributed by atoms with Gasteiger partial charge >= 0.3 is 0 Å². The third-order valence-corrected chi connectivity index (χ3v) is 4.27. The second-order valence-corrected chi connectivity index (χ2v) is 6.05. The van der Waals surface area contributed by atoms with Gasteiger partial charge in [0.15, 0.2) is 0 Å². The van der Waals surface area contributed by atoms with Gasteiger partial charge in [-0.15, -0.1) is 11.3 Å². The number of hydrogen-bond donors (Lipinski definition) is 2. The molecule has 1 amide bonds. The van der Waals surface area contributed by atoms with E-state index in [9.17, 15) is 4.79 Å². The predicted molar refractivity (Wildman–Crippen MR) is 81.0 cm³/mol. The third-order valence-electron chi connectivity index (χ3n) is 3.17. The van der Waals surface area contributed by atoms with Crippen molar-refractivity contribution in [3.63, 3.8) is 0 Å². The minimum atomic E-state index is -0.0828. The molecule has 1 aromatic carbocycles. The highest BCUT2D eigenvalue weighted by Gasteiger charge is 2.14. The number of carbonyl (C=O) groups is 1. The second-order valence-electron chi connectivity index (χ2n) is 4.78. The molecule has 3 aromatic rings. The molecule has 5 heteroatoms. The molecular weight excluding hydrogens is 270 g/mol. The van der Waals surface area contributed by atoms with Gasteiger partial charge < -0.3 is 10.3 Å². The topological polar surface area (TPSA) is 57.8 Å². The molecule has 2 N–H and O–H groups in total. The third kappa shape index (κ3) is 2.44. The van der Waals surface area contributed by atoms with Gasteiger partial charge in [0.25, 0.3) is 5.91 Å². The highest BCUT2D eigenvalue weighted by Crippen LogP contribution is 2.20. The predicted octanol–water partition coefficient (Wildman–Crippen LogP) is 3.42. The number of nitrogens with zero attached hydrogens (tertiary/aromatic N) is 1. The largest absolute Gasteiger partial charge is 0.361 e. The van der Waals surface area contributed by atoms with Crippen LogP contribution in [0.15, 0.2) is 36.7 Å². The van der Waals surface area contributed by atoms with Crippen LogP contribution < -0.4 is 5.32 Å². The lowest BCUT2D eigenvalue weighted by Gasteiger charge is -2.11. The summed E-state index contributed by atoms with van der Waals surface area (Å²) in [5, 5.41) is 5.01. The van der Waals surface area contributed by atoms with Gasteiger partial charge in [-0.3, -0.25) is 4.79 Å². The Bertz CT molecular complexity index is 759. The van der Waals surface area contributed by atoms with Crippen LogP contribution in [-0.4, -0.2) is 15.9 Å². The Hall–Kier alpha value is -2.14. The van der Waals surface area contributed by atoms with Crippen molar-refractivity contribution in [2.45, 2.75) is 19.9 Å². The molecule has 0 aliphatic heterocycles. The molecule has 1 unspecified atom stereocenters. The van der Waals surface area contributed by atoms with E-state index in [-0.39, 0.29) is 11.9 Å². The number of nitrogens with one attached hydrogen (secondary N) is 2. The number of fused-ring (bicyclic) bond motifs is 1. The molecule has 0 aliphatic rings. The van der Waals surface area contributed by atoms with Gasteiger partial charge in [0.2, 0.25) is 0 Å². The SMILES string of the molecule is Cc1cnc(C(C)NC(=O)c2ccc3cc[nH]c3c2)s1. The number of hydrogen-bond acceptors (Lipinski definition) is 3. The normalized spacial score (nSPS) is 12.5. The number of amides is 1. The van der Waals surface area contributed by atoms with E-state index in [1.165, 1.54) is 0 Å². The van der Waals surface area contributed by atoms with Gasteiger partial charge in [-0.25, -0.2) is 4.98 Å². The first kappa shape index (κ1) is 12.9. The number of carbonyl (C=O) groups excluding carboxylic acids is 1. The summed E-state index contributed by atoms with van der Waals surface area (Å²) < 4.78 is 0. The Morgan fingerprint density at radius 3 is 3.00 bits per heavy atom. The minimum absolute atomic E-state index is 0.0816. The van der Waals surface area contributed by atoms with E-state index in [0.717, 1.165) is 20.8 Å². The summed E-state index contributed by atoms with van der Waals surface area (Å²) in [6.45, 7) is 3.96. The Balaban J connectivity index is 1.78. The number of rotatable bonds is 3. The second kappa shape index (κ2) is 5.09. The highest BCUT2D eigenvalue weighted by atomic mass is 32.1. The number of aromatic amines is 1. The Labute approximate surface area is 120 Å². The van der Waals surface area contributed by atoms with Crippen LogP contribution >= 0.6 is 11.3 Å². The summed E-state index contributed by atoms with van der Waals surface area (Å²) in [4.78, 5) is 20.8. The molecule has 0 aliphatic carbocycles.